The first-order valence-corrected chi connectivity index (χ1v) is 7.48. The summed E-state index contributed by atoms with van der Waals surface area (Å²) >= 11 is 0. The molecular weight excluding hydrogens is 250 g/mol. The summed E-state index contributed by atoms with van der Waals surface area (Å²) in [7, 11) is 0. The van der Waals surface area contributed by atoms with Crippen molar-refractivity contribution >= 4 is 17.0 Å². The van der Waals surface area contributed by atoms with Gasteiger partial charge in [0.05, 0.1) is 6.33 Å². The van der Waals surface area contributed by atoms with Crippen LogP contribution in [0.5, 0.6) is 0 Å². The number of anilines is 1. The Labute approximate surface area is 118 Å². The average molecular weight is 269 g/mol. The van der Waals surface area contributed by atoms with Gasteiger partial charge in [-0.3, -0.25) is 0 Å². The van der Waals surface area contributed by atoms with Crippen molar-refractivity contribution in [1.82, 2.24) is 19.5 Å². The normalized spacial score (nSPS) is 22.3. The summed E-state index contributed by atoms with van der Waals surface area (Å²) in [4.78, 5) is 13.3. The minimum absolute atomic E-state index is 0.603. The summed E-state index contributed by atoms with van der Waals surface area (Å²) in [6, 6.07) is 0.603. The van der Waals surface area contributed by atoms with Crippen LogP contribution in [-0.2, 0) is 0 Å². The largest absolute Gasteiger partial charge is 0.368 e. The Morgan fingerprint density at radius 3 is 2.90 bits per heavy atom. The highest BCUT2D eigenvalue weighted by Crippen LogP contribution is 2.37. The van der Waals surface area contributed by atoms with Crippen molar-refractivity contribution in [2.24, 2.45) is 5.92 Å². The number of imidazole rings is 1. The number of fused-ring (bicyclic) bond motifs is 1. The SMILES string of the molecule is C1=CC[C@@H](CNc2ncnc3c2ncn3C2CC2)CC1. The van der Waals surface area contributed by atoms with E-state index >= 15 is 0 Å². The van der Waals surface area contributed by atoms with Crippen molar-refractivity contribution < 1.29 is 0 Å². The van der Waals surface area contributed by atoms with Crippen LogP contribution in [0.25, 0.3) is 11.2 Å². The fourth-order valence-corrected chi connectivity index (χ4v) is 2.88. The van der Waals surface area contributed by atoms with Gasteiger partial charge in [-0.1, -0.05) is 12.2 Å². The van der Waals surface area contributed by atoms with E-state index in [9.17, 15) is 0 Å². The van der Waals surface area contributed by atoms with Crippen LogP contribution in [0.4, 0.5) is 5.82 Å². The molecule has 5 heteroatoms. The predicted octanol–water partition coefficient (Wildman–Crippen LogP) is 2.93. The number of allylic oxidation sites excluding steroid dienone is 2. The van der Waals surface area contributed by atoms with Gasteiger partial charge in [0, 0.05) is 12.6 Å². The van der Waals surface area contributed by atoms with Gasteiger partial charge in [-0.25, -0.2) is 15.0 Å². The molecule has 0 saturated heterocycles. The third-order valence-corrected chi connectivity index (χ3v) is 4.23. The molecule has 20 heavy (non-hydrogen) atoms. The number of nitrogens with one attached hydrogen (secondary N) is 1. The molecule has 0 aromatic carbocycles. The van der Waals surface area contributed by atoms with E-state index in [1.807, 2.05) is 6.33 Å². The second kappa shape index (κ2) is 4.89. The smallest absolute Gasteiger partial charge is 0.165 e. The first kappa shape index (κ1) is 11.9. The first-order valence-electron chi connectivity index (χ1n) is 7.48. The molecule has 5 nitrogen and oxygen atoms in total. The van der Waals surface area contributed by atoms with Gasteiger partial charge < -0.3 is 9.88 Å². The van der Waals surface area contributed by atoms with Crippen LogP contribution in [0.15, 0.2) is 24.8 Å². The molecule has 1 fully saturated rings. The van der Waals surface area contributed by atoms with Crippen LogP contribution >= 0.6 is 0 Å². The van der Waals surface area contributed by atoms with Crippen LogP contribution in [0.2, 0.25) is 0 Å². The number of aromatic nitrogens is 4. The van der Waals surface area contributed by atoms with Crippen LogP contribution in [-0.4, -0.2) is 26.1 Å². The van der Waals surface area contributed by atoms with Crippen LogP contribution in [0.1, 0.15) is 38.1 Å². The zero-order valence-electron chi connectivity index (χ0n) is 11.5. The summed E-state index contributed by atoms with van der Waals surface area (Å²) in [6.07, 6.45) is 14.2. The fraction of sp³-hybridized carbons (Fsp3) is 0.533. The van der Waals surface area contributed by atoms with Crippen molar-refractivity contribution in [2.75, 3.05) is 11.9 Å². The Morgan fingerprint density at radius 1 is 1.15 bits per heavy atom. The lowest BCUT2D eigenvalue weighted by Crippen LogP contribution is -2.16. The molecule has 2 heterocycles. The van der Waals surface area contributed by atoms with Gasteiger partial charge >= 0.3 is 0 Å². The second-order valence-electron chi connectivity index (χ2n) is 5.81. The zero-order chi connectivity index (χ0) is 13.4. The first-order chi connectivity index (χ1) is 9.92. The van der Waals surface area contributed by atoms with E-state index in [1.165, 1.54) is 25.7 Å². The third-order valence-electron chi connectivity index (χ3n) is 4.23. The van der Waals surface area contributed by atoms with Gasteiger partial charge in [0.1, 0.15) is 11.8 Å². The van der Waals surface area contributed by atoms with Gasteiger partial charge in [-0.15, -0.1) is 0 Å². The summed E-state index contributed by atoms with van der Waals surface area (Å²) in [6.45, 7) is 0.965. The summed E-state index contributed by atoms with van der Waals surface area (Å²) in [5.74, 6) is 1.58. The topological polar surface area (TPSA) is 55.6 Å². The highest BCUT2D eigenvalue weighted by atomic mass is 15.2. The van der Waals surface area contributed by atoms with Gasteiger partial charge in [0.2, 0.25) is 0 Å². The van der Waals surface area contributed by atoms with Crippen LogP contribution in [0.3, 0.4) is 0 Å². The highest BCUT2D eigenvalue weighted by Gasteiger charge is 2.26. The molecule has 1 saturated carbocycles. The van der Waals surface area contributed by atoms with E-state index in [0.717, 1.165) is 29.9 Å². The molecule has 0 aliphatic heterocycles. The van der Waals surface area contributed by atoms with E-state index in [1.54, 1.807) is 6.33 Å². The Kier molecular flexibility index (Phi) is 2.90. The summed E-state index contributed by atoms with van der Waals surface area (Å²) in [5.41, 5.74) is 1.87. The van der Waals surface area contributed by atoms with Gasteiger partial charge in [-0.2, -0.15) is 0 Å². The average Bonchev–Trinajstić information content (AvgIpc) is 3.25. The van der Waals surface area contributed by atoms with Gasteiger partial charge in [0.25, 0.3) is 0 Å². The molecule has 0 radical (unpaired) electrons. The van der Waals surface area contributed by atoms with E-state index < -0.39 is 0 Å². The Hall–Kier alpha value is -1.91. The highest BCUT2D eigenvalue weighted by molar-refractivity contribution is 5.82. The maximum Gasteiger partial charge on any atom is 0.165 e. The molecule has 4 rings (SSSR count). The van der Waals surface area contributed by atoms with E-state index in [2.05, 4.69) is 37.0 Å². The van der Waals surface area contributed by atoms with Crippen molar-refractivity contribution in [2.45, 2.75) is 38.1 Å². The van der Waals surface area contributed by atoms with E-state index in [4.69, 9.17) is 0 Å². The quantitative estimate of drug-likeness (QED) is 0.867. The maximum absolute atomic E-state index is 4.51. The summed E-state index contributed by atoms with van der Waals surface area (Å²) < 4.78 is 2.19. The molecule has 1 N–H and O–H groups in total. The fourth-order valence-electron chi connectivity index (χ4n) is 2.88. The number of rotatable bonds is 4. The third kappa shape index (κ3) is 2.17. The molecule has 0 spiro atoms. The van der Waals surface area contributed by atoms with Gasteiger partial charge in [-0.05, 0) is 38.0 Å². The lowest BCUT2D eigenvalue weighted by Gasteiger charge is -2.18. The molecule has 0 bridgehead atoms. The second-order valence-corrected chi connectivity index (χ2v) is 5.81. The Bertz CT molecular complexity index is 641. The van der Waals surface area contributed by atoms with E-state index in [0.29, 0.717) is 12.0 Å². The van der Waals surface area contributed by atoms with E-state index in [-0.39, 0.29) is 0 Å². The molecule has 0 unspecified atom stereocenters. The van der Waals surface area contributed by atoms with Crippen molar-refractivity contribution in [3.8, 4) is 0 Å². The van der Waals surface area contributed by atoms with Crippen molar-refractivity contribution in [3.63, 3.8) is 0 Å². The number of hydrogen-bond donors (Lipinski definition) is 1. The molecule has 2 aliphatic carbocycles. The molecular formula is C15H19N5. The summed E-state index contributed by atoms with van der Waals surface area (Å²) in [5, 5.41) is 3.47. The molecule has 0 amide bonds. The molecule has 2 aromatic heterocycles. The maximum atomic E-state index is 4.51. The number of nitrogens with zero attached hydrogens (tertiary/aromatic N) is 4. The Morgan fingerprint density at radius 2 is 2.10 bits per heavy atom. The van der Waals surface area contributed by atoms with Crippen LogP contribution in [0, 0.1) is 5.92 Å². The van der Waals surface area contributed by atoms with Crippen molar-refractivity contribution in [1.29, 1.82) is 0 Å². The number of hydrogen-bond acceptors (Lipinski definition) is 4. The molecule has 2 aromatic rings. The minimum atomic E-state index is 0.603. The minimum Gasteiger partial charge on any atom is -0.368 e. The molecule has 1 atom stereocenters. The van der Waals surface area contributed by atoms with Crippen LogP contribution < -0.4 is 5.32 Å². The molecule has 104 valence electrons. The Balaban J connectivity index is 1.55. The zero-order valence-corrected chi connectivity index (χ0v) is 11.5. The van der Waals surface area contributed by atoms with Gasteiger partial charge in [0.15, 0.2) is 11.5 Å². The lowest BCUT2D eigenvalue weighted by atomic mass is 9.94. The lowest BCUT2D eigenvalue weighted by molar-refractivity contribution is 0.504. The molecule has 2 aliphatic rings. The van der Waals surface area contributed by atoms with Crippen molar-refractivity contribution in [3.05, 3.63) is 24.8 Å². The monoisotopic (exact) mass is 269 g/mol. The predicted molar refractivity (Wildman–Crippen MR) is 78.6 cm³/mol. The standard InChI is InChI=1S/C15H19N5/c1-2-4-11(5-3-1)8-16-14-13-15(18-9-17-14)20(10-19-13)12-6-7-12/h1-2,9-12H,3-8H2,(H,16,17,18)/t11-/m1/s1.